The number of benzene rings is 1. The van der Waals surface area contributed by atoms with Crippen molar-refractivity contribution >= 4 is 8.32 Å². The molecule has 0 saturated carbocycles. The summed E-state index contributed by atoms with van der Waals surface area (Å²) in [6.07, 6.45) is 2.48. The average molecular weight is 247 g/mol. The van der Waals surface area contributed by atoms with E-state index in [0.717, 1.165) is 12.2 Å². The highest BCUT2D eigenvalue weighted by atomic mass is 28.4. The normalized spacial score (nSPS) is 12.3. The summed E-state index contributed by atoms with van der Waals surface area (Å²) in [6, 6.07) is 8.23. The molecule has 0 spiro atoms. The summed E-state index contributed by atoms with van der Waals surface area (Å²) < 4.78 is 6.20. The first-order valence-corrected chi connectivity index (χ1v) is 8.98. The minimum atomic E-state index is -1.71. The summed E-state index contributed by atoms with van der Waals surface area (Å²) in [5, 5.41) is 0.233. The monoisotopic (exact) mass is 247 g/mol. The smallest absolute Gasteiger partial charge is 0.250 e. The van der Waals surface area contributed by atoms with Crippen molar-refractivity contribution in [2.75, 3.05) is 0 Å². The van der Waals surface area contributed by atoms with Crippen LogP contribution in [0.1, 0.15) is 26.3 Å². The number of hydrogen-bond acceptors (Lipinski definition) is 1. The van der Waals surface area contributed by atoms with Crippen LogP contribution in [0.3, 0.4) is 0 Å². The van der Waals surface area contributed by atoms with Gasteiger partial charge in [-0.2, -0.15) is 0 Å². The molecule has 0 saturated heterocycles. The molecule has 1 nitrogen and oxygen atoms in total. The summed E-state index contributed by atoms with van der Waals surface area (Å²) in [7, 11) is -1.71. The van der Waals surface area contributed by atoms with Gasteiger partial charge in [0, 0.05) is 0 Å². The Bertz CT molecular complexity index is 371. The van der Waals surface area contributed by atoms with Gasteiger partial charge in [0.25, 0.3) is 0 Å². The second-order valence-corrected chi connectivity index (χ2v) is 10.7. The quantitative estimate of drug-likeness (QED) is 0.706. The van der Waals surface area contributed by atoms with Crippen molar-refractivity contribution in [1.29, 1.82) is 0 Å². The number of allylic oxidation sites excluding steroid dienone is 1. The maximum atomic E-state index is 6.20. The highest BCUT2D eigenvalue weighted by Gasteiger charge is 2.38. The predicted octanol–water partition coefficient (Wildman–Crippen LogP) is 4.60. The zero-order valence-electron chi connectivity index (χ0n) is 11.6. The summed E-state index contributed by atoms with van der Waals surface area (Å²) in [6.45, 7) is 16.7. The molecular formula is C15H23OSi. The van der Waals surface area contributed by atoms with E-state index in [1.165, 1.54) is 5.56 Å². The SMILES string of the molecule is [CH]=CCc1ccc(O[Si](C)(C)C(C)(C)C)cc1. The first kappa shape index (κ1) is 14.0. The van der Waals surface area contributed by atoms with Gasteiger partial charge in [-0.05, 0) is 42.2 Å². The third-order valence-electron chi connectivity index (χ3n) is 3.46. The van der Waals surface area contributed by atoms with Crippen LogP contribution in [0, 0.1) is 6.58 Å². The molecule has 17 heavy (non-hydrogen) atoms. The van der Waals surface area contributed by atoms with Gasteiger partial charge >= 0.3 is 0 Å². The fourth-order valence-electron chi connectivity index (χ4n) is 1.28. The van der Waals surface area contributed by atoms with Crippen molar-refractivity contribution in [1.82, 2.24) is 0 Å². The zero-order chi connectivity index (χ0) is 13.1. The second kappa shape index (κ2) is 5.09. The molecule has 0 fully saturated rings. The molecule has 1 radical (unpaired) electrons. The largest absolute Gasteiger partial charge is 0.544 e. The van der Waals surface area contributed by atoms with E-state index >= 15 is 0 Å². The molecule has 0 atom stereocenters. The van der Waals surface area contributed by atoms with Gasteiger partial charge in [-0.15, -0.1) is 0 Å². The van der Waals surface area contributed by atoms with Gasteiger partial charge in [0.05, 0.1) is 0 Å². The van der Waals surface area contributed by atoms with Crippen molar-refractivity contribution < 1.29 is 4.43 Å². The standard InChI is InChI=1S/C15H23OSi/c1-7-8-13-9-11-14(12-10-13)16-17(5,6)15(2,3)4/h1,7,9-12H,8H2,2-6H3. The number of hydrogen-bond donors (Lipinski definition) is 0. The van der Waals surface area contributed by atoms with E-state index in [0.29, 0.717) is 0 Å². The molecule has 0 aliphatic carbocycles. The lowest BCUT2D eigenvalue weighted by Crippen LogP contribution is -2.43. The zero-order valence-corrected chi connectivity index (χ0v) is 12.6. The van der Waals surface area contributed by atoms with Crippen molar-refractivity contribution in [3.05, 3.63) is 42.5 Å². The molecule has 0 N–H and O–H groups in total. The highest BCUT2D eigenvalue weighted by Crippen LogP contribution is 2.37. The van der Waals surface area contributed by atoms with E-state index in [1.54, 1.807) is 6.08 Å². The maximum Gasteiger partial charge on any atom is 0.250 e. The molecule has 0 unspecified atom stereocenters. The Morgan fingerprint density at radius 3 is 2.12 bits per heavy atom. The van der Waals surface area contributed by atoms with Gasteiger partial charge in [-0.25, -0.2) is 0 Å². The van der Waals surface area contributed by atoms with Gasteiger partial charge in [0.1, 0.15) is 5.75 Å². The molecule has 1 rings (SSSR count). The minimum Gasteiger partial charge on any atom is -0.544 e. The van der Waals surface area contributed by atoms with E-state index in [2.05, 4.69) is 46.0 Å². The Morgan fingerprint density at radius 2 is 1.71 bits per heavy atom. The van der Waals surface area contributed by atoms with Crippen LogP contribution in [0.4, 0.5) is 0 Å². The maximum absolute atomic E-state index is 6.20. The lowest BCUT2D eigenvalue weighted by atomic mass is 10.1. The third kappa shape index (κ3) is 3.74. The van der Waals surface area contributed by atoms with Crippen LogP contribution in [0.25, 0.3) is 0 Å². The first-order valence-electron chi connectivity index (χ1n) is 6.07. The second-order valence-electron chi connectivity index (χ2n) is 5.95. The minimum absolute atomic E-state index is 0.233. The van der Waals surface area contributed by atoms with E-state index < -0.39 is 8.32 Å². The summed E-state index contributed by atoms with van der Waals surface area (Å²) >= 11 is 0. The molecule has 2 heteroatoms. The van der Waals surface area contributed by atoms with Gasteiger partial charge in [-0.3, -0.25) is 0 Å². The Hall–Kier alpha value is -1.02. The van der Waals surface area contributed by atoms with Gasteiger partial charge < -0.3 is 4.43 Å². The molecule has 0 aromatic heterocycles. The molecule has 0 heterocycles. The molecule has 1 aromatic carbocycles. The van der Waals surface area contributed by atoms with E-state index in [4.69, 9.17) is 11.0 Å². The van der Waals surface area contributed by atoms with Crippen molar-refractivity contribution in [3.63, 3.8) is 0 Å². The molecular weight excluding hydrogens is 224 g/mol. The predicted molar refractivity (Wildman–Crippen MR) is 76.8 cm³/mol. The van der Waals surface area contributed by atoms with E-state index in [9.17, 15) is 0 Å². The van der Waals surface area contributed by atoms with Crippen LogP contribution in [0.2, 0.25) is 18.1 Å². The fourth-order valence-corrected chi connectivity index (χ4v) is 2.31. The molecule has 0 amide bonds. The van der Waals surface area contributed by atoms with E-state index in [1.807, 2.05) is 12.1 Å². The molecule has 0 aliphatic rings. The van der Waals surface area contributed by atoms with Crippen molar-refractivity contribution in [2.45, 2.75) is 45.3 Å². The van der Waals surface area contributed by atoms with Gasteiger partial charge in [0.15, 0.2) is 0 Å². The highest BCUT2D eigenvalue weighted by molar-refractivity contribution is 6.74. The van der Waals surface area contributed by atoms with Crippen LogP contribution in [-0.2, 0) is 6.42 Å². The molecule has 0 bridgehead atoms. The Labute approximate surface area is 107 Å². The fraction of sp³-hybridized carbons (Fsp3) is 0.467. The lowest BCUT2D eigenvalue weighted by Gasteiger charge is -2.36. The lowest BCUT2D eigenvalue weighted by molar-refractivity contribution is 0.492. The van der Waals surface area contributed by atoms with Gasteiger partial charge in [-0.1, -0.05) is 45.6 Å². The molecule has 1 aromatic rings. The van der Waals surface area contributed by atoms with Crippen molar-refractivity contribution in [2.24, 2.45) is 0 Å². The van der Waals surface area contributed by atoms with Crippen LogP contribution < -0.4 is 4.43 Å². The summed E-state index contributed by atoms with van der Waals surface area (Å²) in [5.74, 6) is 0.970. The van der Waals surface area contributed by atoms with Crippen LogP contribution in [0.5, 0.6) is 5.75 Å². The molecule has 0 aliphatic heterocycles. The van der Waals surface area contributed by atoms with E-state index in [-0.39, 0.29) is 5.04 Å². The van der Waals surface area contributed by atoms with Crippen LogP contribution in [0.15, 0.2) is 30.3 Å². The Balaban J connectivity index is 2.79. The van der Waals surface area contributed by atoms with Crippen LogP contribution >= 0.6 is 0 Å². The topological polar surface area (TPSA) is 9.23 Å². The van der Waals surface area contributed by atoms with Crippen LogP contribution in [-0.4, -0.2) is 8.32 Å². The Morgan fingerprint density at radius 1 is 1.18 bits per heavy atom. The number of rotatable bonds is 4. The van der Waals surface area contributed by atoms with Gasteiger partial charge in [0.2, 0.25) is 8.32 Å². The summed E-state index contributed by atoms with van der Waals surface area (Å²) in [5.41, 5.74) is 1.22. The summed E-state index contributed by atoms with van der Waals surface area (Å²) in [4.78, 5) is 0. The first-order chi connectivity index (χ1) is 7.76. The average Bonchev–Trinajstić information content (AvgIpc) is 2.19. The molecule has 93 valence electrons. The Kier molecular flexibility index (Phi) is 4.20. The third-order valence-corrected chi connectivity index (χ3v) is 7.81. The van der Waals surface area contributed by atoms with Crippen molar-refractivity contribution in [3.8, 4) is 5.75 Å².